The van der Waals surface area contributed by atoms with Crippen LogP contribution in [0.25, 0.3) is 22.4 Å². The fourth-order valence-electron chi connectivity index (χ4n) is 4.41. The van der Waals surface area contributed by atoms with E-state index in [1.54, 1.807) is 35.2 Å². The van der Waals surface area contributed by atoms with Gasteiger partial charge in [0, 0.05) is 38.2 Å². The second kappa shape index (κ2) is 10.0. The van der Waals surface area contributed by atoms with Crippen molar-refractivity contribution in [2.45, 2.75) is 25.9 Å². The van der Waals surface area contributed by atoms with Crippen molar-refractivity contribution in [1.29, 1.82) is 0 Å². The highest BCUT2D eigenvalue weighted by atomic mass is 35.5. The van der Waals surface area contributed by atoms with E-state index in [0.29, 0.717) is 60.2 Å². The monoisotopic (exact) mass is 529 g/mol. The molecule has 7 nitrogen and oxygen atoms in total. The van der Waals surface area contributed by atoms with Gasteiger partial charge in [-0.3, -0.25) is 4.79 Å². The van der Waals surface area contributed by atoms with Crippen molar-refractivity contribution in [3.63, 3.8) is 0 Å². The number of piperazine rings is 1. The molecule has 2 aromatic heterocycles. The number of hydrogen-bond donors (Lipinski definition) is 0. The predicted octanol–water partition coefficient (Wildman–Crippen LogP) is 5.87. The molecule has 0 unspecified atom stereocenters. The van der Waals surface area contributed by atoms with Gasteiger partial charge < -0.3 is 14.3 Å². The van der Waals surface area contributed by atoms with Gasteiger partial charge >= 0.3 is 6.18 Å². The van der Waals surface area contributed by atoms with Gasteiger partial charge in [0.15, 0.2) is 0 Å². The van der Waals surface area contributed by atoms with E-state index in [1.165, 1.54) is 6.07 Å². The molecule has 0 saturated carbocycles. The summed E-state index contributed by atoms with van der Waals surface area (Å²) in [6.07, 6.45) is -3.08. The number of rotatable bonds is 5. The van der Waals surface area contributed by atoms with Gasteiger partial charge in [0.25, 0.3) is 11.6 Å². The van der Waals surface area contributed by atoms with Crippen molar-refractivity contribution in [2.24, 2.45) is 0 Å². The second-order valence-corrected chi connectivity index (χ2v) is 9.17. The van der Waals surface area contributed by atoms with Crippen LogP contribution in [-0.2, 0) is 12.6 Å². The first kappa shape index (κ1) is 25.0. The van der Waals surface area contributed by atoms with Gasteiger partial charge in [0.1, 0.15) is 22.7 Å². The summed E-state index contributed by atoms with van der Waals surface area (Å²) >= 11 is 6.22. The third-order valence-electron chi connectivity index (χ3n) is 6.27. The van der Waals surface area contributed by atoms with Crippen molar-refractivity contribution >= 4 is 34.4 Å². The number of aryl methyl sites for hydroxylation is 1. The molecule has 5 rings (SSSR count). The Hall–Kier alpha value is -3.66. The van der Waals surface area contributed by atoms with Gasteiger partial charge in [-0.25, -0.2) is 4.98 Å². The van der Waals surface area contributed by atoms with Crippen molar-refractivity contribution < 1.29 is 22.5 Å². The molecule has 1 saturated heterocycles. The standard InChI is InChI=1S/C26H23ClF3N5O2/c1-2-6-20-31-23(34-11-13-35(14-12-34)25(36)18-9-3-4-10-19(18)27)21-22(33-37-24(21)32-20)16-7-5-8-17(15-16)26(28,29)30/h3-5,7-10,15H,2,6,11-14H2,1H3. The lowest BCUT2D eigenvalue weighted by Crippen LogP contribution is -2.49. The van der Waals surface area contributed by atoms with Gasteiger partial charge in [-0.2, -0.15) is 18.2 Å². The average Bonchev–Trinajstić information content (AvgIpc) is 3.32. The molecule has 3 heterocycles. The van der Waals surface area contributed by atoms with Gasteiger partial charge in [-0.15, -0.1) is 0 Å². The van der Waals surface area contributed by atoms with Crippen LogP contribution in [0.1, 0.15) is 35.1 Å². The first-order valence-electron chi connectivity index (χ1n) is 11.9. The largest absolute Gasteiger partial charge is 0.416 e. The zero-order valence-electron chi connectivity index (χ0n) is 19.9. The summed E-state index contributed by atoms with van der Waals surface area (Å²) in [5.74, 6) is 0.942. The first-order chi connectivity index (χ1) is 17.8. The molecular formula is C26H23ClF3N5O2. The average molecular weight is 530 g/mol. The van der Waals surface area contributed by atoms with Crippen molar-refractivity contribution in [3.8, 4) is 11.3 Å². The minimum absolute atomic E-state index is 0.153. The Kier molecular flexibility index (Phi) is 6.76. The number of amides is 1. The van der Waals surface area contributed by atoms with Gasteiger partial charge in [-0.1, -0.05) is 47.9 Å². The second-order valence-electron chi connectivity index (χ2n) is 8.76. The topological polar surface area (TPSA) is 75.4 Å². The van der Waals surface area contributed by atoms with E-state index in [4.69, 9.17) is 21.1 Å². The summed E-state index contributed by atoms with van der Waals surface area (Å²) in [4.78, 5) is 25.9. The van der Waals surface area contributed by atoms with Crippen LogP contribution in [0.5, 0.6) is 0 Å². The van der Waals surface area contributed by atoms with E-state index in [2.05, 4.69) is 10.1 Å². The van der Waals surface area contributed by atoms with Crippen LogP contribution >= 0.6 is 11.6 Å². The van der Waals surface area contributed by atoms with Gasteiger partial charge in [0.05, 0.1) is 16.1 Å². The molecule has 0 aliphatic carbocycles. The van der Waals surface area contributed by atoms with E-state index in [-0.39, 0.29) is 22.9 Å². The summed E-state index contributed by atoms with van der Waals surface area (Å²) < 4.78 is 45.6. The van der Waals surface area contributed by atoms with Gasteiger partial charge in [-0.05, 0) is 30.7 Å². The van der Waals surface area contributed by atoms with Crippen LogP contribution in [0.2, 0.25) is 5.02 Å². The molecule has 4 aromatic rings. The van der Waals surface area contributed by atoms with E-state index >= 15 is 0 Å². The molecule has 0 radical (unpaired) electrons. The number of benzene rings is 2. The van der Waals surface area contributed by atoms with E-state index in [0.717, 1.165) is 18.6 Å². The summed E-state index contributed by atoms with van der Waals surface area (Å²) in [5.41, 5.74) is 0.384. The van der Waals surface area contributed by atoms with Crippen molar-refractivity contribution in [1.82, 2.24) is 20.0 Å². The molecule has 192 valence electrons. The molecule has 0 N–H and O–H groups in total. The van der Waals surface area contributed by atoms with Crippen LogP contribution in [0, 0.1) is 0 Å². The molecule has 1 amide bonds. The smallest absolute Gasteiger partial charge is 0.352 e. The number of carbonyl (C=O) groups is 1. The molecule has 2 aromatic carbocycles. The normalized spacial score (nSPS) is 14.4. The number of nitrogens with zero attached hydrogens (tertiary/aromatic N) is 5. The number of halogens is 4. The Bertz CT molecular complexity index is 1450. The Morgan fingerprint density at radius 3 is 2.51 bits per heavy atom. The zero-order valence-corrected chi connectivity index (χ0v) is 20.7. The molecule has 11 heteroatoms. The number of aromatic nitrogens is 3. The van der Waals surface area contributed by atoms with Crippen LogP contribution in [-0.4, -0.2) is 52.1 Å². The first-order valence-corrected chi connectivity index (χ1v) is 12.3. The number of fused-ring (bicyclic) bond motifs is 1. The number of carbonyl (C=O) groups excluding carboxylic acids is 1. The lowest BCUT2D eigenvalue weighted by molar-refractivity contribution is -0.137. The number of alkyl halides is 3. The predicted molar refractivity (Wildman–Crippen MR) is 134 cm³/mol. The number of anilines is 1. The molecule has 0 bridgehead atoms. The summed E-state index contributed by atoms with van der Waals surface area (Å²) in [6.45, 7) is 3.76. The van der Waals surface area contributed by atoms with Crippen LogP contribution in [0.15, 0.2) is 53.1 Å². The van der Waals surface area contributed by atoms with E-state index in [9.17, 15) is 18.0 Å². The summed E-state index contributed by atoms with van der Waals surface area (Å²) in [7, 11) is 0. The van der Waals surface area contributed by atoms with Crippen molar-refractivity contribution in [3.05, 3.63) is 70.5 Å². The maximum absolute atomic E-state index is 13.4. The van der Waals surface area contributed by atoms with Crippen LogP contribution in [0.4, 0.5) is 19.0 Å². The van der Waals surface area contributed by atoms with Gasteiger partial charge in [0.2, 0.25) is 0 Å². The highest BCUT2D eigenvalue weighted by Gasteiger charge is 2.32. The number of hydrogen-bond acceptors (Lipinski definition) is 6. The molecule has 1 aliphatic heterocycles. The quantitative estimate of drug-likeness (QED) is 0.322. The Morgan fingerprint density at radius 2 is 1.81 bits per heavy atom. The highest BCUT2D eigenvalue weighted by molar-refractivity contribution is 6.33. The lowest BCUT2D eigenvalue weighted by atomic mass is 10.1. The maximum Gasteiger partial charge on any atom is 0.416 e. The Labute approximate surface area is 215 Å². The third kappa shape index (κ3) is 4.98. The minimum atomic E-state index is -4.49. The molecule has 0 spiro atoms. The van der Waals surface area contributed by atoms with Crippen molar-refractivity contribution in [2.75, 3.05) is 31.1 Å². The lowest BCUT2D eigenvalue weighted by Gasteiger charge is -2.35. The third-order valence-corrected chi connectivity index (χ3v) is 6.60. The van der Waals surface area contributed by atoms with Crippen LogP contribution < -0.4 is 4.90 Å². The molecule has 37 heavy (non-hydrogen) atoms. The Morgan fingerprint density at radius 1 is 1.05 bits per heavy atom. The van der Waals surface area contributed by atoms with Crippen LogP contribution in [0.3, 0.4) is 0 Å². The SMILES string of the molecule is CCCc1nc(N2CCN(C(=O)c3ccccc3Cl)CC2)c2c(-c3cccc(C(F)(F)F)c3)noc2n1. The summed E-state index contributed by atoms with van der Waals surface area (Å²) in [5, 5.41) is 4.93. The molecule has 0 atom stereocenters. The molecule has 1 aliphatic rings. The zero-order chi connectivity index (χ0) is 26.2. The highest BCUT2D eigenvalue weighted by Crippen LogP contribution is 2.37. The molecule has 1 fully saturated rings. The Balaban J connectivity index is 1.49. The minimum Gasteiger partial charge on any atom is -0.352 e. The summed E-state index contributed by atoms with van der Waals surface area (Å²) in [6, 6.07) is 11.9. The fourth-order valence-corrected chi connectivity index (χ4v) is 4.63. The molecular weight excluding hydrogens is 507 g/mol. The van der Waals surface area contributed by atoms with E-state index in [1.807, 2.05) is 11.8 Å². The maximum atomic E-state index is 13.4. The fraction of sp³-hybridized carbons (Fsp3) is 0.308. The van der Waals surface area contributed by atoms with E-state index < -0.39 is 11.7 Å².